The number of halogens is 1. The van der Waals surface area contributed by atoms with E-state index >= 15 is 0 Å². The molecule has 1 aromatic carbocycles. The lowest BCUT2D eigenvalue weighted by Crippen LogP contribution is -2.44. The van der Waals surface area contributed by atoms with Gasteiger partial charge in [-0.3, -0.25) is 0 Å². The van der Waals surface area contributed by atoms with Crippen molar-refractivity contribution in [3.63, 3.8) is 0 Å². The summed E-state index contributed by atoms with van der Waals surface area (Å²) in [6.45, 7) is 3.29. The molecule has 0 radical (unpaired) electrons. The number of hydrogen-bond donors (Lipinski definition) is 3. The van der Waals surface area contributed by atoms with E-state index < -0.39 is 17.5 Å². The molecule has 0 spiro atoms. The van der Waals surface area contributed by atoms with E-state index in [0.717, 1.165) is 0 Å². The molecule has 0 heterocycles. The Kier molecular flexibility index (Phi) is 4.41. The lowest BCUT2D eigenvalue weighted by molar-refractivity contribution is 0.0698. The normalized spacial score (nSPS) is 10.4. The summed E-state index contributed by atoms with van der Waals surface area (Å²) in [5.74, 6) is 1.21. The first-order valence-electron chi connectivity index (χ1n) is 5.35. The third kappa shape index (κ3) is 4.19. The molecule has 0 saturated heterocycles. The van der Waals surface area contributed by atoms with Crippen LogP contribution >= 0.6 is 11.6 Å². The van der Waals surface area contributed by atoms with Gasteiger partial charge < -0.3 is 15.7 Å². The summed E-state index contributed by atoms with van der Waals surface area (Å²) >= 11 is 5.71. The average Bonchev–Trinajstić information content (AvgIpc) is 2.30. The molecule has 0 unspecified atom stereocenters. The lowest BCUT2D eigenvalue weighted by Gasteiger charge is -2.20. The number of carbonyl (C=O) groups is 2. The molecule has 1 aromatic rings. The van der Waals surface area contributed by atoms with E-state index in [1.165, 1.54) is 18.2 Å². The second kappa shape index (κ2) is 5.63. The summed E-state index contributed by atoms with van der Waals surface area (Å²) < 4.78 is 0. The molecule has 0 aliphatic carbocycles. The van der Waals surface area contributed by atoms with Gasteiger partial charge in [0, 0.05) is 5.02 Å². The van der Waals surface area contributed by atoms with E-state index in [4.69, 9.17) is 23.1 Å². The van der Waals surface area contributed by atoms with Gasteiger partial charge in [-0.05, 0) is 32.0 Å². The standard InChI is InChI=1S/C13H13ClN2O3/c1-4-13(2,3)16-12(19)15-10-6-5-8(14)7-9(10)11(17)18/h1,5-7H,2-3H3,(H,17,18)(H2,15,16,19). The third-order valence-corrected chi connectivity index (χ3v) is 2.48. The Bertz CT molecular complexity index is 561. The Labute approximate surface area is 116 Å². The van der Waals surface area contributed by atoms with Gasteiger partial charge in [-0.15, -0.1) is 6.42 Å². The molecule has 19 heavy (non-hydrogen) atoms. The number of terminal acetylenes is 1. The quantitative estimate of drug-likeness (QED) is 0.745. The molecule has 2 amide bonds. The van der Waals surface area contributed by atoms with Crippen LogP contribution in [0, 0.1) is 12.3 Å². The van der Waals surface area contributed by atoms with Crippen molar-refractivity contribution in [2.75, 3.05) is 5.32 Å². The molecule has 1 rings (SSSR count). The Morgan fingerprint density at radius 3 is 2.58 bits per heavy atom. The second-order valence-corrected chi connectivity index (χ2v) is 4.78. The van der Waals surface area contributed by atoms with Gasteiger partial charge in [-0.1, -0.05) is 17.5 Å². The predicted octanol–water partition coefficient (Wildman–Crippen LogP) is 2.57. The number of nitrogens with one attached hydrogen (secondary N) is 2. The zero-order valence-electron chi connectivity index (χ0n) is 10.5. The van der Waals surface area contributed by atoms with E-state index in [1.54, 1.807) is 13.8 Å². The Hall–Kier alpha value is -2.19. The van der Waals surface area contributed by atoms with E-state index in [9.17, 15) is 9.59 Å². The SMILES string of the molecule is C#CC(C)(C)NC(=O)Nc1ccc(Cl)cc1C(=O)O. The highest BCUT2D eigenvalue weighted by molar-refractivity contribution is 6.31. The molecule has 3 N–H and O–H groups in total. The van der Waals surface area contributed by atoms with Gasteiger partial charge in [-0.25, -0.2) is 9.59 Å². The molecule has 0 aromatic heterocycles. The van der Waals surface area contributed by atoms with Crippen molar-refractivity contribution >= 4 is 29.3 Å². The van der Waals surface area contributed by atoms with Gasteiger partial charge in [0.25, 0.3) is 0 Å². The minimum Gasteiger partial charge on any atom is -0.478 e. The van der Waals surface area contributed by atoms with Crippen LogP contribution in [0.2, 0.25) is 5.02 Å². The number of carboxylic acids is 1. The molecule has 0 aliphatic rings. The number of rotatable bonds is 3. The first-order chi connectivity index (χ1) is 8.75. The zero-order chi connectivity index (χ0) is 14.6. The Balaban J connectivity index is 2.92. The molecule has 5 nitrogen and oxygen atoms in total. The fraction of sp³-hybridized carbons (Fsp3) is 0.231. The summed E-state index contributed by atoms with van der Waals surface area (Å²) in [6, 6.07) is 3.56. The number of carbonyl (C=O) groups excluding carboxylic acids is 1. The van der Waals surface area contributed by atoms with Crippen molar-refractivity contribution < 1.29 is 14.7 Å². The number of amides is 2. The van der Waals surface area contributed by atoms with E-state index in [2.05, 4.69) is 16.6 Å². The second-order valence-electron chi connectivity index (χ2n) is 4.34. The summed E-state index contributed by atoms with van der Waals surface area (Å²) in [4.78, 5) is 22.7. The lowest BCUT2D eigenvalue weighted by atomic mass is 10.1. The minimum absolute atomic E-state index is 0.0961. The molecule has 100 valence electrons. The molecule has 0 atom stereocenters. The number of hydrogen-bond acceptors (Lipinski definition) is 2. The van der Waals surface area contributed by atoms with Gasteiger partial charge in [-0.2, -0.15) is 0 Å². The van der Waals surface area contributed by atoms with Crippen LogP contribution in [-0.4, -0.2) is 22.6 Å². The summed E-state index contributed by atoms with van der Waals surface area (Å²) in [5, 5.41) is 14.2. The predicted molar refractivity (Wildman–Crippen MR) is 73.5 cm³/mol. The first kappa shape index (κ1) is 14.9. The monoisotopic (exact) mass is 280 g/mol. The maximum atomic E-state index is 11.7. The van der Waals surface area contributed by atoms with E-state index in [0.29, 0.717) is 0 Å². The van der Waals surface area contributed by atoms with Crippen molar-refractivity contribution in [3.8, 4) is 12.3 Å². The third-order valence-electron chi connectivity index (χ3n) is 2.25. The first-order valence-corrected chi connectivity index (χ1v) is 5.73. The molecule has 0 bridgehead atoms. The fourth-order valence-corrected chi connectivity index (χ4v) is 1.45. The Morgan fingerprint density at radius 1 is 1.42 bits per heavy atom. The highest BCUT2D eigenvalue weighted by atomic mass is 35.5. The molecular formula is C13H13ClN2O3. The summed E-state index contributed by atoms with van der Waals surface area (Å²) in [6.07, 6.45) is 5.24. The van der Waals surface area contributed by atoms with Gasteiger partial charge >= 0.3 is 12.0 Å². The van der Waals surface area contributed by atoms with Gasteiger partial charge in [0.1, 0.15) is 0 Å². The number of anilines is 1. The molecule has 0 fully saturated rings. The number of urea groups is 1. The van der Waals surface area contributed by atoms with Crippen LogP contribution in [0.5, 0.6) is 0 Å². The van der Waals surface area contributed by atoms with Crippen LogP contribution in [0.1, 0.15) is 24.2 Å². The number of benzene rings is 1. The summed E-state index contributed by atoms with van der Waals surface area (Å²) in [5.41, 5.74) is -0.789. The van der Waals surface area contributed by atoms with Crippen molar-refractivity contribution in [1.29, 1.82) is 0 Å². The highest BCUT2D eigenvalue weighted by Crippen LogP contribution is 2.20. The van der Waals surface area contributed by atoms with Gasteiger partial charge in [0.2, 0.25) is 0 Å². The van der Waals surface area contributed by atoms with Crippen LogP contribution in [0.4, 0.5) is 10.5 Å². The van der Waals surface area contributed by atoms with Crippen LogP contribution in [0.3, 0.4) is 0 Å². The maximum Gasteiger partial charge on any atom is 0.337 e. The average molecular weight is 281 g/mol. The van der Waals surface area contributed by atoms with Crippen LogP contribution < -0.4 is 10.6 Å². The van der Waals surface area contributed by atoms with Crippen molar-refractivity contribution in [3.05, 3.63) is 28.8 Å². The highest BCUT2D eigenvalue weighted by Gasteiger charge is 2.19. The Morgan fingerprint density at radius 2 is 2.05 bits per heavy atom. The van der Waals surface area contributed by atoms with Crippen LogP contribution in [-0.2, 0) is 0 Å². The maximum absolute atomic E-state index is 11.7. The van der Waals surface area contributed by atoms with Gasteiger partial charge in [0.05, 0.1) is 16.8 Å². The van der Waals surface area contributed by atoms with Crippen molar-refractivity contribution in [2.45, 2.75) is 19.4 Å². The van der Waals surface area contributed by atoms with E-state index in [1.807, 2.05) is 0 Å². The van der Waals surface area contributed by atoms with Crippen molar-refractivity contribution in [1.82, 2.24) is 5.32 Å². The molecule has 6 heteroatoms. The minimum atomic E-state index is -1.19. The topological polar surface area (TPSA) is 78.4 Å². The van der Waals surface area contributed by atoms with E-state index in [-0.39, 0.29) is 16.3 Å². The summed E-state index contributed by atoms with van der Waals surface area (Å²) in [7, 11) is 0. The largest absolute Gasteiger partial charge is 0.478 e. The number of carboxylic acid groups (broad SMARTS) is 1. The van der Waals surface area contributed by atoms with Crippen molar-refractivity contribution in [2.24, 2.45) is 0 Å². The van der Waals surface area contributed by atoms with Crippen LogP contribution in [0.15, 0.2) is 18.2 Å². The molecular weight excluding hydrogens is 268 g/mol. The smallest absolute Gasteiger partial charge is 0.337 e. The molecule has 0 saturated carbocycles. The molecule has 0 aliphatic heterocycles. The van der Waals surface area contributed by atoms with Gasteiger partial charge in [0.15, 0.2) is 0 Å². The zero-order valence-corrected chi connectivity index (χ0v) is 11.2. The van der Waals surface area contributed by atoms with Crippen LogP contribution in [0.25, 0.3) is 0 Å². The fourth-order valence-electron chi connectivity index (χ4n) is 1.28. The number of aromatic carboxylic acids is 1.